The van der Waals surface area contributed by atoms with E-state index in [9.17, 15) is 4.79 Å². The Hall–Kier alpha value is -0.510. The van der Waals surface area contributed by atoms with E-state index in [-0.39, 0.29) is 5.69 Å². The fourth-order valence-electron chi connectivity index (χ4n) is 2.45. The van der Waals surface area contributed by atoms with Crippen LogP contribution in [-0.4, -0.2) is 14.5 Å². The molecule has 0 N–H and O–H groups in total. The van der Waals surface area contributed by atoms with Crippen molar-refractivity contribution < 1.29 is 0 Å². The largest absolute Gasteiger partial charge is 0.327 e. The third-order valence-electron chi connectivity index (χ3n) is 3.47. The van der Waals surface area contributed by atoms with Crippen LogP contribution in [0.25, 0.3) is 0 Å². The molecule has 1 saturated carbocycles. The SMILES string of the molecule is Cn1ccn(CC2(CBr)CCCC2)c1=O. The van der Waals surface area contributed by atoms with E-state index in [2.05, 4.69) is 15.9 Å². The van der Waals surface area contributed by atoms with Crippen molar-refractivity contribution in [3.63, 3.8) is 0 Å². The third-order valence-corrected chi connectivity index (χ3v) is 4.66. The Morgan fingerprint density at radius 1 is 1.40 bits per heavy atom. The van der Waals surface area contributed by atoms with Gasteiger partial charge in [0.05, 0.1) is 0 Å². The lowest BCUT2D eigenvalue weighted by atomic mass is 9.89. The fraction of sp³-hybridized carbons (Fsp3) is 0.727. The number of hydrogen-bond acceptors (Lipinski definition) is 1. The van der Waals surface area contributed by atoms with E-state index in [4.69, 9.17) is 0 Å². The van der Waals surface area contributed by atoms with Gasteiger partial charge in [-0.3, -0.25) is 4.57 Å². The maximum atomic E-state index is 11.7. The second kappa shape index (κ2) is 4.16. The van der Waals surface area contributed by atoms with Gasteiger partial charge in [-0.15, -0.1) is 0 Å². The molecule has 1 aromatic rings. The summed E-state index contributed by atoms with van der Waals surface area (Å²) in [6.07, 6.45) is 8.80. The molecule has 0 amide bonds. The molecule has 84 valence electrons. The summed E-state index contributed by atoms with van der Waals surface area (Å²) in [5.74, 6) is 0. The van der Waals surface area contributed by atoms with Gasteiger partial charge in [-0.25, -0.2) is 4.79 Å². The Labute approximate surface area is 98.2 Å². The van der Waals surface area contributed by atoms with Crippen molar-refractivity contribution in [3.05, 3.63) is 22.9 Å². The lowest BCUT2D eigenvalue weighted by Crippen LogP contribution is -2.31. The molecule has 3 nitrogen and oxygen atoms in total. The van der Waals surface area contributed by atoms with Gasteiger partial charge in [-0.2, -0.15) is 0 Å². The minimum Gasteiger partial charge on any atom is -0.302 e. The lowest BCUT2D eigenvalue weighted by Gasteiger charge is -2.26. The predicted molar refractivity (Wildman–Crippen MR) is 64.4 cm³/mol. The third kappa shape index (κ3) is 2.05. The van der Waals surface area contributed by atoms with Crippen LogP contribution >= 0.6 is 15.9 Å². The van der Waals surface area contributed by atoms with Crippen molar-refractivity contribution in [2.75, 3.05) is 5.33 Å². The van der Waals surface area contributed by atoms with E-state index in [1.165, 1.54) is 25.7 Å². The molecule has 15 heavy (non-hydrogen) atoms. The molecule has 2 rings (SSSR count). The van der Waals surface area contributed by atoms with Crippen molar-refractivity contribution >= 4 is 15.9 Å². The van der Waals surface area contributed by atoms with Crippen molar-refractivity contribution in [3.8, 4) is 0 Å². The van der Waals surface area contributed by atoms with E-state index in [1.54, 1.807) is 11.6 Å². The molecule has 4 heteroatoms. The number of rotatable bonds is 3. The highest BCUT2D eigenvalue weighted by molar-refractivity contribution is 9.09. The van der Waals surface area contributed by atoms with Gasteiger partial charge in [0.15, 0.2) is 0 Å². The monoisotopic (exact) mass is 272 g/mol. The molecule has 0 atom stereocenters. The van der Waals surface area contributed by atoms with Gasteiger partial charge in [0.1, 0.15) is 0 Å². The molecule has 1 fully saturated rings. The zero-order valence-electron chi connectivity index (χ0n) is 9.08. The molecule has 1 heterocycles. The first kappa shape index (κ1) is 11.0. The summed E-state index contributed by atoms with van der Waals surface area (Å²) in [5.41, 5.74) is 0.410. The van der Waals surface area contributed by atoms with Crippen molar-refractivity contribution in [1.82, 2.24) is 9.13 Å². The highest BCUT2D eigenvalue weighted by Gasteiger charge is 2.33. The van der Waals surface area contributed by atoms with Gasteiger partial charge in [-0.05, 0) is 18.3 Å². The Morgan fingerprint density at radius 3 is 2.53 bits per heavy atom. The fourth-order valence-corrected chi connectivity index (χ4v) is 3.19. The number of aryl methyl sites for hydroxylation is 1. The standard InChI is InChI=1S/C11H17BrN2O/c1-13-6-7-14(10(13)15)9-11(8-12)4-2-3-5-11/h6-7H,2-5,8-9H2,1H3. The van der Waals surface area contributed by atoms with Crippen LogP contribution in [0.15, 0.2) is 17.2 Å². The van der Waals surface area contributed by atoms with E-state index in [0.717, 1.165) is 11.9 Å². The maximum absolute atomic E-state index is 11.7. The summed E-state index contributed by atoms with van der Waals surface area (Å²) in [5, 5.41) is 1.00. The lowest BCUT2D eigenvalue weighted by molar-refractivity contribution is 0.287. The topological polar surface area (TPSA) is 26.9 Å². The Morgan fingerprint density at radius 2 is 2.07 bits per heavy atom. The van der Waals surface area contributed by atoms with E-state index in [0.29, 0.717) is 5.41 Å². The van der Waals surface area contributed by atoms with Gasteiger partial charge >= 0.3 is 5.69 Å². The normalized spacial score (nSPS) is 19.6. The van der Waals surface area contributed by atoms with Crippen LogP contribution in [-0.2, 0) is 13.6 Å². The minimum absolute atomic E-state index is 0.0993. The summed E-state index contributed by atoms with van der Waals surface area (Å²) in [7, 11) is 1.80. The summed E-state index contributed by atoms with van der Waals surface area (Å²) >= 11 is 3.60. The zero-order valence-corrected chi connectivity index (χ0v) is 10.7. The smallest absolute Gasteiger partial charge is 0.302 e. The first-order chi connectivity index (χ1) is 7.17. The van der Waals surface area contributed by atoms with Crippen molar-refractivity contribution in [2.24, 2.45) is 12.5 Å². The van der Waals surface area contributed by atoms with Crippen molar-refractivity contribution in [1.29, 1.82) is 0 Å². The summed E-state index contributed by atoms with van der Waals surface area (Å²) in [6.45, 7) is 0.859. The number of alkyl halides is 1. The molecule has 0 unspecified atom stereocenters. The zero-order chi connectivity index (χ0) is 10.9. The van der Waals surface area contributed by atoms with Crippen LogP contribution in [0, 0.1) is 5.41 Å². The number of imidazole rings is 1. The molecule has 0 bridgehead atoms. The van der Waals surface area contributed by atoms with E-state index < -0.39 is 0 Å². The molecule has 0 radical (unpaired) electrons. The van der Waals surface area contributed by atoms with Gasteiger partial charge in [0, 0.05) is 31.3 Å². The van der Waals surface area contributed by atoms with E-state index >= 15 is 0 Å². The van der Waals surface area contributed by atoms with Gasteiger partial charge in [0.2, 0.25) is 0 Å². The summed E-state index contributed by atoms with van der Waals surface area (Å²) < 4.78 is 3.48. The van der Waals surface area contributed by atoms with Crippen LogP contribution in [0.5, 0.6) is 0 Å². The van der Waals surface area contributed by atoms with Gasteiger partial charge in [0.25, 0.3) is 0 Å². The quantitative estimate of drug-likeness (QED) is 0.775. The van der Waals surface area contributed by atoms with Crippen LogP contribution in [0.1, 0.15) is 25.7 Å². The summed E-state index contributed by atoms with van der Waals surface area (Å²) in [4.78, 5) is 11.7. The van der Waals surface area contributed by atoms with Gasteiger partial charge in [-0.1, -0.05) is 28.8 Å². The highest BCUT2D eigenvalue weighted by atomic mass is 79.9. The minimum atomic E-state index is 0.0993. The first-order valence-corrected chi connectivity index (χ1v) is 6.57. The predicted octanol–water partition coefficient (Wildman–Crippen LogP) is 2.14. The number of nitrogens with zero attached hydrogens (tertiary/aromatic N) is 2. The molecule has 1 aliphatic carbocycles. The molecule has 1 aromatic heterocycles. The van der Waals surface area contributed by atoms with E-state index in [1.807, 2.05) is 17.0 Å². The van der Waals surface area contributed by atoms with Crippen LogP contribution < -0.4 is 5.69 Å². The average molecular weight is 273 g/mol. The molecule has 0 aromatic carbocycles. The maximum Gasteiger partial charge on any atom is 0.327 e. The molecule has 1 aliphatic rings. The number of hydrogen-bond donors (Lipinski definition) is 0. The molecule has 0 spiro atoms. The Bertz CT molecular complexity index is 388. The molecule has 0 aliphatic heterocycles. The number of halogens is 1. The van der Waals surface area contributed by atoms with Crippen LogP contribution in [0.3, 0.4) is 0 Å². The van der Waals surface area contributed by atoms with Crippen molar-refractivity contribution in [2.45, 2.75) is 32.2 Å². The van der Waals surface area contributed by atoms with Crippen LogP contribution in [0.2, 0.25) is 0 Å². The average Bonchev–Trinajstić information content (AvgIpc) is 2.82. The highest BCUT2D eigenvalue weighted by Crippen LogP contribution is 2.40. The second-order valence-corrected chi connectivity index (χ2v) is 5.22. The van der Waals surface area contributed by atoms with Crippen LogP contribution in [0.4, 0.5) is 0 Å². The molecular formula is C11H17BrN2O. The molecular weight excluding hydrogens is 256 g/mol. The van der Waals surface area contributed by atoms with Gasteiger partial charge < -0.3 is 4.57 Å². The molecule has 0 saturated heterocycles. The summed E-state index contributed by atoms with van der Waals surface area (Å²) in [6, 6.07) is 0. The Kier molecular flexibility index (Phi) is 3.05. The number of aromatic nitrogens is 2. The Balaban J connectivity index is 2.20. The second-order valence-electron chi connectivity index (χ2n) is 4.66. The first-order valence-electron chi connectivity index (χ1n) is 5.45.